The summed E-state index contributed by atoms with van der Waals surface area (Å²) in [6, 6.07) is 16.7. The average molecular weight is 424 g/mol. The lowest BCUT2D eigenvalue weighted by Crippen LogP contribution is -2.18. The molecule has 0 saturated carbocycles. The molecule has 0 unspecified atom stereocenters. The third-order valence-electron chi connectivity index (χ3n) is 3.68. The Morgan fingerprint density at radius 2 is 1.78 bits per heavy atom. The molecular formula is C20H14BrN3O3. The Labute approximate surface area is 163 Å². The molecule has 0 atom stereocenters. The van der Waals surface area contributed by atoms with Gasteiger partial charge >= 0.3 is 5.97 Å². The van der Waals surface area contributed by atoms with Crippen molar-refractivity contribution in [3.8, 4) is 5.75 Å². The van der Waals surface area contributed by atoms with E-state index in [1.165, 1.54) is 12.3 Å². The Hall–Kier alpha value is -3.32. The van der Waals surface area contributed by atoms with Crippen LogP contribution in [0.3, 0.4) is 0 Å². The van der Waals surface area contributed by atoms with E-state index in [0.29, 0.717) is 21.2 Å². The number of pyridine rings is 1. The number of ether oxygens (including phenoxy) is 1. The number of hydrogen-bond acceptors (Lipinski definition) is 6. The van der Waals surface area contributed by atoms with Gasteiger partial charge in [-0.3, -0.25) is 9.78 Å². The number of benzene rings is 2. The van der Waals surface area contributed by atoms with Crippen LogP contribution < -0.4 is 10.6 Å². The Bertz CT molecular complexity index is 1020. The van der Waals surface area contributed by atoms with E-state index in [1.807, 2.05) is 0 Å². The molecule has 7 heteroatoms. The molecule has 0 amide bonds. The molecule has 6 nitrogen and oxygen atoms in total. The van der Waals surface area contributed by atoms with Crippen molar-refractivity contribution in [2.45, 2.75) is 0 Å². The average Bonchev–Trinajstić information content (AvgIpc) is 2.70. The molecule has 2 aromatic carbocycles. The fraction of sp³-hybridized carbons (Fsp3) is 0. The van der Waals surface area contributed by atoms with Crippen LogP contribution in [-0.2, 0) is 0 Å². The lowest BCUT2D eigenvalue weighted by Gasteiger charge is -2.09. The van der Waals surface area contributed by atoms with E-state index in [9.17, 15) is 9.59 Å². The first-order valence-corrected chi connectivity index (χ1v) is 8.69. The standard InChI is InChI=1S/C20H14BrN3O3/c21-17-9-2-1-8-16(17)20(26)27-15-7-3-5-13(11-15)18(24-22)19(25)14-6-4-10-23-12-14/h1-12H,22H2/b24-18+. The van der Waals surface area contributed by atoms with Gasteiger partial charge in [-0.1, -0.05) is 24.3 Å². The second kappa shape index (κ2) is 8.37. The largest absolute Gasteiger partial charge is 0.423 e. The number of nitrogens with zero attached hydrogens (tertiary/aromatic N) is 2. The summed E-state index contributed by atoms with van der Waals surface area (Å²) in [5.41, 5.74) is 1.23. The summed E-state index contributed by atoms with van der Waals surface area (Å²) < 4.78 is 6.04. The lowest BCUT2D eigenvalue weighted by molar-refractivity contribution is 0.0733. The maximum atomic E-state index is 12.6. The zero-order valence-corrected chi connectivity index (χ0v) is 15.6. The molecule has 0 spiro atoms. The summed E-state index contributed by atoms with van der Waals surface area (Å²) in [6.45, 7) is 0. The highest BCUT2D eigenvalue weighted by molar-refractivity contribution is 9.10. The fourth-order valence-corrected chi connectivity index (χ4v) is 2.84. The van der Waals surface area contributed by atoms with Crippen LogP contribution in [0, 0.1) is 0 Å². The van der Waals surface area contributed by atoms with Crippen molar-refractivity contribution in [1.82, 2.24) is 4.98 Å². The molecule has 2 N–H and O–H groups in total. The van der Waals surface area contributed by atoms with E-state index < -0.39 is 5.97 Å². The quantitative estimate of drug-likeness (QED) is 0.169. The van der Waals surface area contributed by atoms with Crippen LogP contribution in [0.15, 0.2) is 82.6 Å². The van der Waals surface area contributed by atoms with Crippen LogP contribution in [0.25, 0.3) is 0 Å². The molecule has 0 aliphatic carbocycles. The summed E-state index contributed by atoms with van der Waals surface area (Å²) in [7, 11) is 0. The SMILES string of the molecule is N/N=C(/C(=O)c1cccnc1)c1cccc(OC(=O)c2ccccc2Br)c1. The topological polar surface area (TPSA) is 94.6 Å². The number of rotatable bonds is 5. The molecule has 3 aromatic rings. The van der Waals surface area contributed by atoms with E-state index in [1.54, 1.807) is 60.8 Å². The van der Waals surface area contributed by atoms with Gasteiger partial charge in [0.25, 0.3) is 0 Å². The lowest BCUT2D eigenvalue weighted by atomic mass is 10.0. The summed E-state index contributed by atoms with van der Waals surface area (Å²) in [6.07, 6.45) is 3.00. The number of ketones is 1. The number of carbonyl (C=O) groups excluding carboxylic acids is 2. The summed E-state index contributed by atoms with van der Waals surface area (Å²) >= 11 is 3.32. The van der Waals surface area contributed by atoms with Crippen molar-refractivity contribution in [3.05, 3.63) is 94.2 Å². The molecule has 0 saturated heterocycles. The number of nitrogens with two attached hydrogens (primary N) is 1. The molecule has 3 rings (SSSR count). The van der Waals surface area contributed by atoms with E-state index >= 15 is 0 Å². The van der Waals surface area contributed by atoms with Gasteiger partial charge in [0, 0.05) is 28.0 Å². The van der Waals surface area contributed by atoms with Crippen molar-refractivity contribution in [1.29, 1.82) is 0 Å². The van der Waals surface area contributed by atoms with Gasteiger partial charge in [-0.25, -0.2) is 4.79 Å². The van der Waals surface area contributed by atoms with E-state index in [2.05, 4.69) is 26.0 Å². The highest BCUT2D eigenvalue weighted by Crippen LogP contribution is 2.21. The van der Waals surface area contributed by atoms with Crippen molar-refractivity contribution >= 4 is 33.4 Å². The number of hydrogen-bond donors (Lipinski definition) is 1. The molecule has 0 aliphatic rings. The first-order chi connectivity index (χ1) is 13.1. The van der Waals surface area contributed by atoms with Crippen molar-refractivity contribution in [2.24, 2.45) is 10.9 Å². The minimum absolute atomic E-state index is 0.0433. The Balaban J connectivity index is 1.85. The van der Waals surface area contributed by atoms with E-state index in [4.69, 9.17) is 10.6 Å². The van der Waals surface area contributed by atoms with E-state index in [-0.39, 0.29) is 17.2 Å². The van der Waals surface area contributed by atoms with Crippen molar-refractivity contribution < 1.29 is 14.3 Å². The van der Waals surface area contributed by atoms with Gasteiger partial charge in [-0.2, -0.15) is 5.10 Å². The predicted molar refractivity (Wildman–Crippen MR) is 105 cm³/mol. The molecule has 1 heterocycles. The highest BCUT2D eigenvalue weighted by atomic mass is 79.9. The zero-order valence-electron chi connectivity index (χ0n) is 14.0. The Kier molecular flexibility index (Phi) is 5.73. The smallest absolute Gasteiger partial charge is 0.344 e. The number of aromatic nitrogens is 1. The van der Waals surface area contributed by atoms with Crippen LogP contribution in [0.1, 0.15) is 26.3 Å². The summed E-state index contributed by atoms with van der Waals surface area (Å²) in [5, 5.41) is 3.62. The second-order valence-corrected chi connectivity index (χ2v) is 6.30. The first-order valence-electron chi connectivity index (χ1n) is 7.90. The van der Waals surface area contributed by atoms with Crippen molar-refractivity contribution in [2.75, 3.05) is 0 Å². The number of carbonyl (C=O) groups is 2. The van der Waals surface area contributed by atoms with Gasteiger partial charge in [0.15, 0.2) is 0 Å². The van der Waals surface area contributed by atoms with Gasteiger partial charge in [-0.15, -0.1) is 0 Å². The third-order valence-corrected chi connectivity index (χ3v) is 4.37. The Morgan fingerprint density at radius 3 is 2.48 bits per heavy atom. The number of halogens is 1. The second-order valence-electron chi connectivity index (χ2n) is 5.45. The number of esters is 1. The minimum atomic E-state index is -0.524. The predicted octanol–water partition coefficient (Wildman–Crippen LogP) is 3.61. The first kappa shape index (κ1) is 18.5. The van der Waals surface area contributed by atoms with Gasteiger partial charge in [0.2, 0.25) is 5.78 Å². The maximum absolute atomic E-state index is 12.6. The molecule has 0 aliphatic heterocycles. The molecule has 0 fully saturated rings. The minimum Gasteiger partial charge on any atom is -0.423 e. The molecule has 134 valence electrons. The highest BCUT2D eigenvalue weighted by Gasteiger charge is 2.18. The normalized spacial score (nSPS) is 11.1. The Morgan fingerprint density at radius 1 is 1.00 bits per heavy atom. The van der Waals surface area contributed by atoms with Crippen molar-refractivity contribution in [3.63, 3.8) is 0 Å². The number of hydrazone groups is 1. The third kappa shape index (κ3) is 4.27. The van der Waals surface area contributed by atoms with Gasteiger partial charge in [0.05, 0.1) is 5.56 Å². The number of Topliss-reactive ketones (excluding diaryl/α,β-unsaturated/α-hetero) is 1. The van der Waals surface area contributed by atoms with E-state index in [0.717, 1.165) is 0 Å². The molecule has 0 radical (unpaired) electrons. The maximum Gasteiger partial charge on any atom is 0.344 e. The zero-order chi connectivity index (χ0) is 19.2. The molecule has 27 heavy (non-hydrogen) atoms. The van der Waals surface area contributed by atoms with Crippen LogP contribution in [0.5, 0.6) is 5.75 Å². The molecular weight excluding hydrogens is 410 g/mol. The molecule has 1 aromatic heterocycles. The van der Waals surface area contributed by atoms with Crippen LogP contribution in [0.4, 0.5) is 0 Å². The fourth-order valence-electron chi connectivity index (χ4n) is 2.39. The van der Waals surface area contributed by atoms with Crippen LogP contribution >= 0.6 is 15.9 Å². The monoisotopic (exact) mass is 423 g/mol. The van der Waals surface area contributed by atoms with Crippen LogP contribution in [-0.4, -0.2) is 22.4 Å². The van der Waals surface area contributed by atoms with Gasteiger partial charge < -0.3 is 10.6 Å². The summed E-state index contributed by atoms with van der Waals surface area (Å²) in [5.74, 6) is 4.81. The van der Waals surface area contributed by atoms with Gasteiger partial charge in [-0.05, 0) is 52.3 Å². The van der Waals surface area contributed by atoms with Gasteiger partial charge in [0.1, 0.15) is 11.5 Å². The van der Waals surface area contributed by atoms with Crippen LogP contribution in [0.2, 0.25) is 0 Å². The molecule has 0 bridgehead atoms. The summed E-state index contributed by atoms with van der Waals surface area (Å²) in [4.78, 5) is 28.9.